The molecule has 0 amide bonds. The normalized spacial score (nSPS) is 12.0. The highest BCUT2D eigenvalue weighted by Gasteiger charge is 2.12. The molecule has 0 aliphatic rings. The average Bonchev–Trinajstić information content (AvgIpc) is 2.61. The van der Waals surface area contributed by atoms with Crippen LogP contribution in [0.3, 0.4) is 0 Å². The van der Waals surface area contributed by atoms with Crippen LogP contribution >= 0.6 is 0 Å². The van der Waals surface area contributed by atoms with E-state index in [9.17, 15) is 0 Å². The van der Waals surface area contributed by atoms with E-state index in [2.05, 4.69) is 26.5 Å². The Morgan fingerprint density at radius 1 is 1.21 bits per heavy atom. The van der Waals surface area contributed by atoms with Gasteiger partial charge in [0.25, 0.3) is 0 Å². The number of nitrogens with two attached hydrogens (primary N) is 1. The first-order chi connectivity index (χ1) is 11.7. The third-order valence-corrected chi connectivity index (χ3v) is 3.49. The molecule has 2 aromatic heterocycles. The molecule has 2 N–H and O–H groups in total. The highest BCUT2D eigenvalue weighted by Crippen LogP contribution is 2.29. The van der Waals surface area contributed by atoms with E-state index in [0.717, 1.165) is 27.7 Å². The molecule has 1 aromatic carbocycles. The quantitative estimate of drug-likeness (QED) is 0.741. The lowest BCUT2D eigenvalue weighted by Crippen LogP contribution is -2.00. The summed E-state index contributed by atoms with van der Waals surface area (Å²) in [4.78, 5) is 17.3. The highest BCUT2D eigenvalue weighted by atomic mass is 14.9. The Balaban J connectivity index is 2.22. The molecule has 0 aliphatic carbocycles. The number of allylic oxidation sites excluding steroid dienone is 5. The summed E-state index contributed by atoms with van der Waals surface area (Å²) in [6.07, 6.45) is 12.4. The van der Waals surface area contributed by atoms with Crippen molar-refractivity contribution in [2.75, 3.05) is 5.73 Å². The first kappa shape index (κ1) is 15.6. The van der Waals surface area contributed by atoms with Crippen LogP contribution in [-0.2, 0) is 0 Å². The van der Waals surface area contributed by atoms with Crippen molar-refractivity contribution < 1.29 is 0 Å². The van der Waals surface area contributed by atoms with E-state index < -0.39 is 0 Å². The van der Waals surface area contributed by atoms with Crippen molar-refractivity contribution in [3.8, 4) is 11.3 Å². The summed E-state index contributed by atoms with van der Waals surface area (Å²) < 4.78 is 0. The number of fused-ring (bicyclic) bond motifs is 1. The van der Waals surface area contributed by atoms with Gasteiger partial charge >= 0.3 is 0 Å². The largest absolute Gasteiger partial charge is 0.382 e. The molecule has 5 heteroatoms. The Bertz CT molecular complexity index is 957. The van der Waals surface area contributed by atoms with Crippen LogP contribution in [0.1, 0.15) is 12.6 Å². The number of hydrogen-bond acceptors (Lipinski definition) is 5. The molecule has 0 atom stereocenters. The molecule has 3 rings (SSSR count). The smallest absolute Gasteiger partial charge is 0.142 e. The van der Waals surface area contributed by atoms with Crippen LogP contribution in [0.2, 0.25) is 0 Å². The van der Waals surface area contributed by atoms with Crippen LogP contribution in [-0.4, -0.2) is 19.9 Å². The third-order valence-electron chi connectivity index (χ3n) is 3.49. The molecular weight excluding hydrogens is 298 g/mol. The summed E-state index contributed by atoms with van der Waals surface area (Å²) in [6, 6.07) is 5.92. The van der Waals surface area contributed by atoms with Gasteiger partial charge < -0.3 is 5.73 Å². The highest BCUT2D eigenvalue weighted by molar-refractivity contribution is 5.87. The van der Waals surface area contributed by atoms with E-state index in [0.29, 0.717) is 11.5 Å². The molecule has 0 radical (unpaired) electrons. The van der Waals surface area contributed by atoms with Crippen molar-refractivity contribution in [1.82, 2.24) is 19.9 Å². The van der Waals surface area contributed by atoms with Gasteiger partial charge in [0.2, 0.25) is 0 Å². The van der Waals surface area contributed by atoms with Gasteiger partial charge in [-0.3, -0.25) is 4.98 Å². The SMILES string of the molecule is C=C/C=C(\C=C/C)c1nc(N)cnc1-c1ccc2ncncc2c1. The van der Waals surface area contributed by atoms with Gasteiger partial charge in [-0.2, -0.15) is 0 Å². The molecule has 0 saturated carbocycles. The zero-order valence-electron chi connectivity index (χ0n) is 13.3. The minimum absolute atomic E-state index is 0.373. The molecule has 0 saturated heterocycles. The van der Waals surface area contributed by atoms with Gasteiger partial charge in [-0.25, -0.2) is 15.0 Å². The van der Waals surface area contributed by atoms with Crippen LogP contribution < -0.4 is 5.73 Å². The van der Waals surface area contributed by atoms with Crippen LogP contribution in [0.25, 0.3) is 27.7 Å². The summed E-state index contributed by atoms with van der Waals surface area (Å²) in [5, 5.41) is 0.944. The Morgan fingerprint density at radius 3 is 2.88 bits per heavy atom. The molecule has 118 valence electrons. The first-order valence-electron chi connectivity index (χ1n) is 7.51. The molecule has 3 aromatic rings. The predicted molar refractivity (Wildman–Crippen MR) is 98.0 cm³/mol. The molecular formula is C19H17N5. The molecule has 24 heavy (non-hydrogen) atoms. The first-order valence-corrected chi connectivity index (χ1v) is 7.51. The van der Waals surface area contributed by atoms with Gasteiger partial charge in [0.15, 0.2) is 0 Å². The van der Waals surface area contributed by atoms with E-state index in [1.54, 1.807) is 18.5 Å². The monoisotopic (exact) mass is 315 g/mol. The van der Waals surface area contributed by atoms with E-state index in [1.807, 2.05) is 43.4 Å². The van der Waals surface area contributed by atoms with Crippen LogP contribution in [0.4, 0.5) is 5.82 Å². The maximum atomic E-state index is 5.86. The van der Waals surface area contributed by atoms with Crippen LogP contribution in [0.5, 0.6) is 0 Å². The Hall–Kier alpha value is -3.34. The third kappa shape index (κ3) is 3.05. The van der Waals surface area contributed by atoms with Gasteiger partial charge in [0.1, 0.15) is 12.1 Å². The minimum Gasteiger partial charge on any atom is -0.382 e. The van der Waals surface area contributed by atoms with Crippen molar-refractivity contribution in [2.24, 2.45) is 0 Å². The van der Waals surface area contributed by atoms with Crippen molar-refractivity contribution >= 4 is 22.3 Å². The molecule has 0 aliphatic heterocycles. The maximum Gasteiger partial charge on any atom is 0.142 e. The lowest BCUT2D eigenvalue weighted by Gasteiger charge is -2.10. The zero-order valence-corrected chi connectivity index (χ0v) is 13.3. The number of nitrogen functional groups attached to an aromatic ring is 1. The number of hydrogen-bond donors (Lipinski definition) is 1. The number of nitrogens with zero attached hydrogens (tertiary/aromatic N) is 4. The fraction of sp³-hybridized carbons (Fsp3) is 0.0526. The van der Waals surface area contributed by atoms with Crippen molar-refractivity contribution in [2.45, 2.75) is 6.92 Å². The number of benzene rings is 1. The van der Waals surface area contributed by atoms with Crippen molar-refractivity contribution in [3.63, 3.8) is 0 Å². The maximum absolute atomic E-state index is 5.86. The molecule has 0 unspecified atom stereocenters. The Kier molecular flexibility index (Phi) is 4.43. The van der Waals surface area contributed by atoms with Crippen molar-refractivity contribution in [3.05, 3.63) is 73.5 Å². The standard InChI is InChI=1S/C19H17N5/c1-3-5-13(6-4-2)19-18(22-11-17(20)24-19)14-7-8-16-15(9-14)10-21-12-23-16/h3-12H,1H2,2H3,(H2,20,24)/b6-4-,13-5+. The molecule has 0 fully saturated rings. The second kappa shape index (κ2) is 6.83. The van der Waals surface area contributed by atoms with Gasteiger partial charge in [0, 0.05) is 22.7 Å². The molecule has 5 nitrogen and oxygen atoms in total. The topological polar surface area (TPSA) is 77.6 Å². The zero-order chi connectivity index (χ0) is 16.9. The predicted octanol–water partition coefficient (Wildman–Crippen LogP) is 3.81. The van der Waals surface area contributed by atoms with E-state index >= 15 is 0 Å². The number of aromatic nitrogens is 4. The van der Waals surface area contributed by atoms with Crippen LogP contribution in [0, 0.1) is 0 Å². The van der Waals surface area contributed by atoms with Gasteiger partial charge in [-0.05, 0) is 19.1 Å². The molecule has 0 spiro atoms. The summed E-state index contributed by atoms with van der Waals surface area (Å²) >= 11 is 0. The summed E-state index contributed by atoms with van der Waals surface area (Å²) in [7, 11) is 0. The second-order valence-electron chi connectivity index (χ2n) is 5.15. The number of anilines is 1. The lowest BCUT2D eigenvalue weighted by atomic mass is 10.0. The fourth-order valence-corrected chi connectivity index (χ4v) is 2.47. The van der Waals surface area contributed by atoms with Gasteiger partial charge in [-0.1, -0.05) is 36.9 Å². The van der Waals surface area contributed by atoms with Crippen molar-refractivity contribution in [1.29, 1.82) is 0 Å². The Morgan fingerprint density at radius 2 is 2.08 bits per heavy atom. The van der Waals surface area contributed by atoms with E-state index in [-0.39, 0.29) is 0 Å². The lowest BCUT2D eigenvalue weighted by molar-refractivity contribution is 1.18. The average molecular weight is 315 g/mol. The van der Waals surface area contributed by atoms with E-state index in [4.69, 9.17) is 5.73 Å². The van der Waals surface area contributed by atoms with Crippen LogP contribution in [0.15, 0.2) is 67.8 Å². The summed E-state index contributed by atoms with van der Waals surface area (Å²) in [6.45, 7) is 5.72. The van der Waals surface area contributed by atoms with E-state index in [1.165, 1.54) is 6.33 Å². The fourth-order valence-electron chi connectivity index (χ4n) is 2.47. The second-order valence-corrected chi connectivity index (χ2v) is 5.15. The van der Waals surface area contributed by atoms with Gasteiger partial charge in [-0.15, -0.1) is 0 Å². The Labute approximate surface area is 140 Å². The van der Waals surface area contributed by atoms with Gasteiger partial charge in [0.05, 0.1) is 23.1 Å². The summed E-state index contributed by atoms with van der Waals surface area (Å²) in [5.41, 5.74) is 10.0. The number of rotatable bonds is 4. The molecule has 0 bridgehead atoms. The minimum atomic E-state index is 0.373. The summed E-state index contributed by atoms with van der Waals surface area (Å²) in [5.74, 6) is 0.373. The molecule has 2 heterocycles.